The topological polar surface area (TPSA) is 87.7 Å². The highest BCUT2D eigenvalue weighted by Gasteiger charge is 2.23. The molecule has 1 aromatic rings. The van der Waals surface area contributed by atoms with E-state index in [1.165, 1.54) is 0 Å². The van der Waals surface area contributed by atoms with Gasteiger partial charge in [-0.15, -0.1) is 0 Å². The van der Waals surface area contributed by atoms with E-state index in [1.54, 1.807) is 21.0 Å². The number of aliphatic carboxylic acids is 1. The van der Waals surface area contributed by atoms with Crippen molar-refractivity contribution in [2.24, 2.45) is 0 Å². The first kappa shape index (κ1) is 15.8. The number of carbonyl (C=O) groups is 2. The summed E-state index contributed by atoms with van der Waals surface area (Å²) in [5, 5.41) is 14.0. The molecular weight excluding hydrogens is 260 g/mol. The van der Waals surface area contributed by atoms with E-state index in [2.05, 4.69) is 10.6 Å². The average molecular weight is 280 g/mol. The second kappa shape index (κ2) is 6.79. The van der Waals surface area contributed by atoms with E-state index in [0.29, 0.717) is 6.54 Å². The molecule has 3 N–H and O–H groups in total. The molecule has 110 valence electrons. The summed E-state index contributed by atoms with van der Waals surface area (Å²) in [5.41, 5.74) is 0.132. The molecule has 20 heavy (non-hydrogen) atoms. The second-order valence-corrected chi connectivity index (χ2v) is 5.11. The van der Waals surface area contributed by atoms with E-state index < -0.39 is 17.5 Å². The first-order chi connectivity index (χ1) is 9.32. The van der Waals surface area contributed by atoms with Gasteiger partial charge in [-0.05, 0) is 31.5 Å². The van der Waals surface area contributed by atoms with Crippen LogP contribution in [0.4, 0.5) is 4.79 Å². The molecule has 1 rings (SSSR count). The van der Waals surface area contributed by atoms with E-state index in [0.717, 1.165) is 11.3 Å². The third-order valence-electron chi connectivity index (χ3n) is 2.66. The van der Waals surface area contributed by atoms with E-state index in [1.807, 2.05) is 24.3 Å². The standard InChI is InChI=1S/C14H20N2O4/c1-14(2,8-12(17)18)16-13(19)15-9-10-4-6-11(20-3)7-5-10/h4-7H,8-9H2,1-3H3,(H,17,18)(H2,15,16,19). The van der Waals surface area contributed by atoms with Crippen LogP contribution in [0.3, 0.4) is 0 Å². The fourth-order valence-corrected chi connectivity index (χ4v) is 1.70. The Hall–Kier alpha value is -2.24. The number of nitrogens with one attached hydrogen (secondary N) is 2. The molecule has 0 heterocycles. The van der Waals surface area contributed by atoms with E-state index >= 15 is 0 Å². The molecule has 0 radical (unpaired) electrons. The van der Waals surface area contributed by atoms with E-state index in [-0.39, 0.29) is 6.42 Å². The predicted octanol–water partition coefficient (Wildman–Crippen LogP) is 1.75. The van der Waals surface area contributed by atoms with Crippen LogP contribution in [0.15, 0.2) is 24.3 Å². The Balaban J connectivity index is 2.44. The average Bonchev–Trinajstić information content (AvgIpc) is 2.34. The predicted molar refractivity (Wildman–Crippen MR) is 74.7 cm³/mol. The Morgan fingerprint density at radius 2 is 1.85 bits per heavy atom. The number of methoxy groups -OCH3 is 1. The number of amides is 2. The first-order valence-electron chi connectivity index (χ1n) is 6.23. The zero-order valence-corrected chi connectivity index (χ0v) is 11.9. The molecule has 0 aliphatic carbocycles. The van der Waals surface area contributed by atoms with Crippen molar-refractivity contribution < 1.29 is 19.4 Å². The SMILES string of the molecule is COc1ccc(CNC(=O)NC(C)(C)CC(=O)O)cc1. The summed E-state index contributed by atoms with van der Waals surface area (Å²) in [7, 11) is 1.59. The molecule has 6 heteroatoms. The van der Waals surface area contributed by atoms with Gasteiger partial charge < -0.3 is 20.5 Å². The van der Waals surface area contributed by atoms with Gasteiger partial charge in [0.05, 0.1) is 13.5 Å². The second-order valence-electron chi connectivity index (χ2n) is 5.11. The van der Waals surface area contributed by atoms with Gasteiger partial charge in [0.25, 0.3) is 0 Å². The van der Waals surface area contributed by atoms with Crippen molar-refractivity contribution in [3.05, 3.63) is 29.8 Å². The lowest BCUT2D eigenvalue weighted by atomic mass is 10.0. The molecule has 1 aromatic carbocycles. The van der Waals surface area contributed by atoms with Crippen molar-refractivity contribution in [3.63, 3.8) is 0 Å². The fraction of sp³-hybridized carbons (Fsp3) is 0.429. The lowest BCUT2D eigenvalue weighted by molar-refractivity contribution is -0.138. The fourth-order valence-electron chi connectivity index (χ4n) is 1.70. The van der Waals surface area contributed by atoms with E-state index in [4.69, 9.17) is 9.84 Å². The molecular formula is C14H20N2O4. The summed E-state index contributed by atoms with van der Waals surface area (Å²) < 4.78 is 5.04. The van der Waals surface area contributed by atoms with Crippen LogP contribution in [0.5, 0.6) is 5.75 Å². The van der Waals surface area contributed by atoms with Crippen molar-refractivity contribution >= 4 is 12.0 Å². The van der Waals surface area contributed by atoms with Crippen molar-refractivity contribution in [1.29, 1.82) is 0 Å². The molecule has 2 amide bonds. The van der Waals surface area contributed by atoms with Gasteiger partial charge in [-0.1, -0.05) is 12.1 Å². The molecule has 0 bridgehead atoms. The normalized spacial score (nSPS) is 10.8. The van der Waals surface area contributed by atoms with Crippen LogP contribution in [0.2, 0.25) is 0 Å². The van der Waals surface area contributed by atoms with Gasteiger partial charge in [-0.3, -0.25) is 4.79 Å². The number of hydrogen-bond acceptors (Lipinski definition) is 3. The van der Waals surface area contributed by atoms with Crippen LogP contribution in [0.1, 0.15) is 25.8 Å². The summed E-state index contributed by atoms with van der Waals surface area (Å²) in [5.74, 6) is -0.203. The van der Waals surface area contributed by atoms with Gasteiger partial charge in [-0.25, -0.2) is 4.79 Å². The number of carbonyl (C=O) groups excluding carboxylic acids is 1. The van der Waals surface area contributed by atoms with Crippen molar-refractivity contribution in [3.8, 4) is 5.75 Å². The number of benzene rings is 1. The lowest BCUT2D eigenvalue weighted by Gasteiger charge is -2.24. The molecule has 0 aromatic heterocycles. The number of urea groups is 1. The maximum absolute atomic E-state index is 11.7. The number of carboxylic acids is 1. The maximum Gasteiger partial charge on any atom is 0.315 e. The first-order valence-corrected chi connectivity index (χ1v) is 6.23. The smallest absolute Gasteiger partial charge is 0.315 e. The van der Waals surface area contributed by atoms with Gasteiger partial charge in [0.2, 0.25) is 0 Å². The quantitative estimate of drug-likeness (QED) is 0.740. The molecule has 0 aliphatic rings. The monoisotopic (exact) mass is 280 g/mol. The zero-order chi connectivity index (χ0) is 15.2. The molecule has 0 spiro atoms. The Labute approximate surface area is 118 Å². The Bertz CT molecular complexity index is 469. The number of carboxylic acid groups (broad SMARTS) is 1. The number of hydrogen-bond donors (Lipinski definition) is 3. The molecule has 0 saturated carbocycles. The zero-order valence-electron chi connectivity index (χ0n) is 11.9. The van der Waals surface area contributed by atoms with Gasteiger partial charge in [0, 0.05) is 12.1 Å². The summed E-state index contributed by atoms with van der Waals surface area (Å²) in [6.45, 7) is 3.68. The highest BCUT2D eigenvalue weighted by Crippen LogP contribution is 2.11. The summed E-state index contributed by atoms with van der Waals surface area (Å²) in [6.07, 6.45) is -0.136. The van der Waals surface area contributed by atoms with Gasteiger partial charge in [0.1, 0.15) is 5.75 Å². The van der Waals surface area contributed by atoms with Crippen LogP contribution in [0, 0.1) is 0 Å². The Kier molecular flexibility index (Phi) is 5.37. The highest BCUT2D eigenvalue weighted by molar-refractivity contribution is 5.76. The molecule has 0 fully saturated rings. The summed E-state index contributed by atoms with van der Waals surface area (Å²) >= 11 is 0. The van der Waals surface area contributed by atoms with E-state index in [9.17, 15) is 9.59 Å². The largest absolute Gasteiger partial charge is 0.497 e. The minimum atomic E-state index is -0.953. The van der Waals surface area contributed by atoms with Gasteiger partial charge >= 0.3 is 12.0 Å². The maximum atomic E-state index is 11.7. The van der Waals surface area contributed by atoms with Crippen molar-refractivity contribution in [2.45, 2.75) is 32.4 Å². The molecule has 0 atom stereocenters. The number of ether oxygens (including phenoxy) is 1. The summed E-state index contributed by atoms with van der Waals surface area (Å²) in [6, 6.07) is 6.92. The van der Waals surface area contributed by atoms with Crippen LogP contribution in [-0.2, 0) is 11.3 Å². The van der Waals surface area contributed by atoms with Gasteiger partial charge in [-0.2, -0.15) is 0 Å². The number of rotatable bonds is 6. The van der Waals surface area contributed by atoms with Gasteiger partial charge in [0.15, 0.2) is 0 Å². The minimum absolute atomic E-state index is 0.136. The van der Waals surface area contributed by atoms with Crippen LogP contribution in [-0.4, -0.2) is 29.8 Å². The lowest BCUT2D eigenvalue weighted by Crippen LogP contribution is -2.49. The van der Waals surface area contributed by atoms with Crippen LogP contribution in [0.25, 0.3) is 0 Å². The third kappa shape index (κ3) is 5.60. The summed E-state index contributed by atoms with van der Waals surface area (Å²) in [4.78, 5) is 22.3. The highest BCUT2D eigenvalue weighted by atomic mass is 16.5. The van der Waals surface area contributed by atoms with Crippen LogP contribution < -0.4 is 15.4 Å². The molecule has 0 aliphatic heterocycles. The minimum Gasteiger partial charge on any atom is -0.497 e. The molecule has 6 nitrogen and oxygen atoms in total. The molecule has 0 saturated heterocycles. The molecule has 0 unspecified atom stereocenters. The Morgan fingerprint density at radius 1 is 1.25 bits per heavy atom. The van der Waals surface area contributed by atoms with Crippen molar-refractivity contribution in [1.82, 2.24) is 10.6 Å². The third-order valence-corrected chi connectivity index (χ3v) is 2.66. The Morgan fingerprint density at radius 3 is 2.35 bits per heavy atom. The van der Waals surface area contributed by atoms with Crippen molar-refractivity contribution in [2.75, 3.05) is 7.11 Å². The van der Waals surface area contributed by atoms with Crippen LogP contribution >= 0.6 is 0 Å².